The molecule has 0 spiro atoms. The van der Waals surface area contributed by atoms with Crippen LogP contribution in [-0.2, 0) is 20.9 Å². The van der Waals surface area contributed by atoms with Gasteiger partial charge in [-0.05, 0) is 37.0 Å². The van der Waals surface area contributed by atoms with Crippen molar-refractivity contribution >= 4 is 11.7 Å². The van der Waals surface area contributed by atoms with Crippen LogP contribution < -0.4 is 0 Å². The Morgan fingerprint density at radius 1 is 1.00 bits per heavy atom. The third-order valence-electron chi connectivity index (χ3n) is 6.02. The molecule has 2 aromatic rings. The summed E-state index contributed by atoms with van der Waals surface area (Å²) in [6.07, 6.45) is 5.30. The lowest BCUT2D eigenvalue weighted by atomic mass is 9.78. The van der Waals surface area contributed by atoms with E-state index in [0.717, 1.165) is 31.2 Å². The molecule has 3 heterocycles. The largest absolute Gasteiger partial charge is 0.483 e. The number of pyridine rings is 1. The van der Waals surface area contributed by atoms with Crippen molar-refractivity contribution in [1.29, 1.82) is 0 Å². The Bertz CT molecular complexity index is 939. The van der Waals surface area contributed by atoms with E-state index < -0.39 is 6.04 Å². The van der Waals surface area contributed by atoms with Crippen LogP contribution in [0.1, 0.15) is 43.0 Å². The number of fused-ring (bicyclic) bond motifs is 1. The van der Waals surface area contributed by atoms with Gasteiger partial charge in [0.15, 0.2) is 11.5 Å². The van der Waals surface area contributed by atoms with Crippen molar-refractivity contribution < 1.29 is 14.3 Å². The summed E-state index contributed by atoms with van der Waals surface area (Å²) in [7, 11) is 0. The van der Waals surface area contributed by atoms with Crippen molar-refractivity contribution in [2.75, 3.05) is 0 Å². The third-order valence-corrected chi connectivity index (χ3v) is 6.02. The second-order valence-electron chi connectivity index (χ2n) is 7.73. The molecule has 3 atom stereocenters. The molecule has 0 bridgehead atoms. The molecule has 1 aliphatic carbocycles. The molecule has 2 aliphatic heterocycles. The first-order chi connectivity index (χ1) is 13.7. The lowest BCUT2D eigenvalue weighted by Crippen LogP contribution is -2.39. The maximum atomic E-state index is 13.4. The molecule has 3 unspecified atom stereocenters. The average molecular weight is 374 g/mol. The molecule has 5 rings (SSSR count). The van der Waals surface area contributed by atoms with Gasteiger partial charge < -0.3 is 9.64 Å². The fourth-order valence-corrected chi connectivity index (χ4v) is 4.68. The Labute approximate surface area is 164 Å². The minimum Gasteiger partial charge on any atom is -0.483 e. The Balaban J connectivity index is 1.58. The summed E-state index contributed by atoms with van der Waals surface area (Å²) in [5.74, 6) is -0.0136. The second-order valence-corrected chi connectivity index (χ2v) is 7.73. The number of ketones is 1. The molecule has 0 radical (unpaired) electrons. The molecule has 1 fully saturated rings. The van der Waals surface area contributed by atoms with Crippen molar-refractivity contribution in [3.05, 3.63) is 77.3 Å². The van der Waals surface area contributed by atoms with Gasteiger partial charge in [0.05, 0.1) is 17.2 Å². The number of nitrogens with zero attached hydrogens (tertiary/aromatic N) is 2. The van der Waals surface area contributed by atoms with Crippen LogP contribution >= 0.6 is 0 Å². The van der Waals surface area contributed by atoms with Gasteiger partial charge in [0.2, 0.25) is 0 Å². The van der Waals surface area contributed by atoms with Crippen LogP contribution in [0, 0.1) is 5.92 Å². The zero-order valence-corrected chi connectivity index (χ0v) is 15.6. The SMILES string of the molecule is O=C1C2=C(OC3CCCCC13)C(=O)N(Cc1ccccc1)C2c1ccccn1. The van der Waals surface area contributed by atoms with Crippen LogP contribution in [0.2, 0.25) is 0 Å². The molecular weight excluding hydrogens is 352 g/mol. The quantitative estimate of drug-likeness (QED) is 0.824. The zero-order valence-electron chi connectivity index (χ0n) is 15.6. The van der Waals surface area contributed by atoms with Gasteiger partial charge in [-0.3, -0.25) is 14.6 Å². The maximum Gasteiger partial charge on any atom is 0.290 e. The van der Waals surface area contributed by atoms with Crippen LogP contribution in [0.25, 0.3) is 0 Å². The summed E-state index contributed by atoms with van der Waals surface area (Å²) in [5.41, 5.74) is 2.23. The summed E-state index contributed by atoms with van der Waals surface area (Å²) < 4.78 is 6.16. The summed E-state index contributed by atoms with van der Waals surface area (Å²) >= 11 is 0. The number of Topliss-reactive ketones (excluding diaryl/α,β-unsaturated/α-hetero) is 1. The Hall–Kier alpha value is -2.95. The van der Waals surface area contributed by atoms with E-state index in [1.807, 2.05) is 48.5 Å². The lowest BCUT2D eigenvalue weighted by molar-refractivity contribution is -0.135. The summed E-state index contributed by atoms with van der Waals surface area (Å²) in [5, 5.41) is 0. The van der Waals surface area contributed by atoms with E-state index in [2.05, 4.69) is 4.98 Å². The monoisotopic (exact) mass is 374 g/mol. The van der Waals surface area contributed by atoms with Crippen molar-refractivity contribution in [3.63, 3.8) is 0 Å². The molecule has 1 aromatic heterocycles. The van der Waals surface area contributed by atoms with Crippen LogP contribution in [0.15, 0.2) is 66.1 Å². The van der Waals surface area contributed by atoms with Crippen LogP contribution in [0.5, 0.6) is 0 Å². The standard InChI is InChI=1S/C23H22N2O3/c26-21-16-10-4-5-12-18(16)28-22-19(21)20(17-11-6-7-13-24-17)25(23(22)27)14-15-8-2-1-3-9-15/h1-3,6-9,11,13,16,18,20H,4-5,10,12,14H2. The van der Waals surface area contributed by atoms with Crippen molar-refractivity contribution in [1.82, 2.24) is 9.88 Å². The predicted octanol–water partition coefficient (Wildman–Crippen LogP) is 3.58. The van der Waals surface area contributed by atoms with Crippen LogP contribution in [-0.4, -0.2) is 27.7 Å². The number of benzene rings is 1. The first kappa shape index (κ1) is 17.2. The number of rotatable bonds is 3. The van der Waals surface area contributed by atoms with E-state index in [0.29, 0.717) is 17.8 Å². The van der Waals surface area contributed by atoms with Gasteiger partial charge in [0.1, 0.15) is 12.1 Å². The molecule has 5 heteroatoms. The van der Waals surface area contributed by atoms with Gasteiger partial charge in [0.25, 0.3) is 5.91 Å². The highest BCUT2D eigenvalue weighted by Crippen LogP contribution is 2.46. The van der Waals surface area contributed by atoms with Crippen molar-refractivity contribution in [2.24, 2.45) is 5.92 Å². The van der Waals surface area contributed by atoms with E-state index in [1.54, 1.807) is 11.1 Å². The van der Waals surface area contributed by atoms with Gasteiger partial charge in [-0.1, -0.05) is 42.8 Å². The smallest absolute Gasteiger partial charge is 0.290 e. The molecular formula is C23H22N2O3. The van der Waals surface area contributed by atoms with Gasteiger partial charge in [0, 0.05) is 12.7 Å². The average Bonchev–Trinajstić information content (AvgIpc) is 3.02. The summed E-state index contributed by atoms with van der Waals surface area (Å²) in [4.78, 5) is 32.9. The topological polar surface area (TPSA) is 59.5 Å². The molecule has 1 saturated carbocycles. The van der Waals surface area contributed by atoms with E-state index >= 15 is 0 Å². The zero-order chi connectivity index (χ0) is 19.1. The normalized spacial score (nSPS) is 26.7. The minimum atomic E-state index is -0.487. The number of ether oxygens (including phenoxy) is 1. The highest BCUT2D eigenvalue weighted by molar-refractivity contribution is 6.11. The molecule has 142 valence electrons. The molecule has 1 aromatic carbocycles. The number of amides is 1. The first-order valence-electron chi connectivity index (χ1n) is 9.95. The first-order valence-corrected chi connectivity index (χ1v) is 9.95. The van der Waals surface area contributed by atoms with Gasteiger partial charge in [-0.15, -0.1) is 0 Å². The van der Waals surface area contributed by atoms with Crippen molar-refractivity contribution in [2.45, 2.75) is 44.4 Å². The fourth-order valence-electron chi connectivity index (χ4n) is 4.68. The number of aromatic nitrogens is 1. The molecule has 28 heavy (non-hydrogen) atoms. The van der Waals surface area contributed by atoms with E-state index in [-0.39, 0.29) is 29.5 Å². The molecule has 1 amide bonds. The van der Waals surface area contributed by atoms with Gasteiger partial charge in [-0.2, -0.15) is 0 Å². The Morgan fingerprint density at radius 2 is 1.79 bits per heavy atom. The fraction of sp³-hybridized carbons (Fsp3) is 0.348. The van der Waals surface area contributed by atoms with Gasteiger partial charge in [-0.25, -0.2) is 0 Å². The number of carbonyl (C=O) groups is 2. The molecule has 0 saturated heterocycles. The van der Waals surface area contributed by atoms with Crippen LogP contribution in [0.3, 0.4) is 0 Å². The number of hydrogen-bond acceptors (Lipinski definition) is 4. The highest BCUT2D eigenvalue weighted by Gasteiger charge is 2.52. The molecule has 0 N–H and O–H groups in total. The van der Waals surface area contributed by atoms with E-state index in [9.17, 15) is 9.59 Å². The summed E-state index contributed by atoms with van der Waals surface area (Å²) in [6.45, 7) is 0.417. The number of carbonyl (C=O) groups excluding carboxylic acids is 2. The predicted molar refractivity (Wildman–Crippen MR) is 103 cm³/mol. The molecule has 5 nitrogen and oxygen atoms in total. The maximum absolute atomic E-state index is 13.4. The summed E-state index contributed by atoms with van der Waals surface area (Å²) in [6, 6.07) is 15.0. The Kier molecular flexibility index (Phi) is 4.23. The second kappa shape index (κ2) is 6.89. The van der Waals surface area contributed by atoms with Crippen LogP contribution in [0.4, 0.5) is 0 Å². The molecule has 3 aliphatic rings. The number of hydrogen-bond donors (Lipinski definition) is 0. The van der Waals surface area contributed by atoms with E-state index in [4.69, 9.17) is 4.74 Å². The minimum absolute atomic E-state index is 0.0746. The van der Waals surface area contributed by atoms with Crippen molar-refractivity contribution in [3.8, 4) is 0 Å². The highest BCUT2D eigenvalue weighted by atomic mass is 16.5. The van der Waals surface area contributed by atoms with E-state index in [1.165, 1.54) is 0 Å². The lowest BCUT2D eigenvalue weighted by Gasteiger charge is -2.35. The Morgan fingerprint density at radius 3 is 2.57 bits per heavy atom. The van der Waals surface area contributed by atoms with Gasteiger partial charge >= 0.3 is 0 Å². The third kappa shape index (κ3) is 2.73.